The van der Waals surface area contributed by atoms with Crippen LogP contribution in [-0.4, -0.2) is 29.4 Å². The Balaban J connectivity index is 2.40. The van der Waals surface area contributed by atoms with Crippen LogP contribution in [0.1, 0.15) is 38.8 Å². The fraction of sp³-hybridized carbons (Fsp3) is 0.692. The molecule has 1 aromatic heterocycles. The molecular weight excluding hydrogens is 262 g/mol. The number of piperidine rings is 1. The van der Waals surface area contributed by atoms with Crippen LogP contribution < -0.4 is 5.73 Å². The second-order valence-electron chi connectivity index (χ2n) is 5.45. The number of hydrogen-bond acceptors (Lipinski definition) is 3. The molecule has 0 aliphatic carbocycles. The summed E-state index contributed by atoms with van der Waals surface area (Å²) in [6, 6.07) is 1.81. The highest BCUT2D eigenvalue weighted by atomic mass is 32.2. The number of sulfonamides is 1. The molecule has 108 valence electrons. The van der Waals surface area contributed by atoms with E-state index >= 15 is 0 Å². The van der Waals surface area contributed by atoms with E-state index < -0.39 is 10.0 Å². The first kappa shape index (κ1) is 14.6. The summed E-state index contributed by atoms with van der Waals surface area (Å²) in [4.78, 5) is 0.357. The van der Waals surface area contributed by atoms with Gasteiger partial charge in [0.25, 0.3) is 0 Å². The third kappa shape index (κ3) is 2.57. The topological polar surface area (TPSA) is 68.3 Å². The lowest BCUT2D eigenvalue weighted by Gasteiger charge is -2.37. The summed E-state index contributed by atoms with van der Waals surface area (Å²) in [5.41, 5.74) is 6.44. The zero-order valence-corrected chi connectivity index (χ0v) is 12.7. The minimum absolute atomic E-state index is 0.0651. The Hall–Kier alpha value is -0.850. The zero-order chi connectivity index (χ0) is 14.2. The summed E-state index contributed by atoms with van der Waals surface area (Å²) in [7, 11) is -1.59. The molecule has 6 heteroatoms. The molecule has 0 spiro atoms. The van der Waals surface area contributed by atoms with E-state index in [0.717, 1.165) is 25.0 Å². The van der Waals surface area contributed by atoms with Gasteiger partial charge in [-0.2, -0.15) is 4.31 Å². The smallest absolute Gasteiger partial charge is 0.245 e. The zero-order valence-electron chi connectivity index (χ0n) is 11.8. The highest BCUT2D eigenvalue weighted by Crippen LogP contribution is 2.30. The third-order valence-corrected chi connectivity index (χ3v) is 6.07. The van der Waals surface area contributed by atoms with Crippen LogP contribution in [0.3, 0.4) is 0 Å². The fourth-order valence-corrected chi connectivity index (χ4v) is 4.89. The molecule has 2 heterocycles. The van der Waals surface area contributed by atoms with E-state index in [1.165, 1.54) is 0 Å². The van der Waals surface area contributed by atoms with Crippen LogP contribution in [0.15, 0.2) is 17.2 Å². The minimum Gasteiger partial charge on any atom is -0.352 e. The molecule has 1 aromatic rings. The van der Waals surface area contributed by atoms with Crippen LogP contribution in [0, 0.1) is 0 Å². The molecule has 2 rings (SSSR count). The van der Waals surface area contributed by atoms with Gasteiger partial charge in [0.15, 0.2) is 0 Å². The Bertz CT molecular complexity index is 540. The predicted octanol–water partition coefficient (Wildman–Crippen LogP) is 1.44. The van der Waals surface area contributed by atoms with Crippen molar-refractivity contribution in [3.8, 4) is 0 Å². The highest BCUT2D eigenvalue weighted by molar-refractivity contribution is 7.89. The Morgan fingerprint density at radius 3 is 2.37 bits per heavy atom. The maximum Gasteiger partial charge on any atom is 0.245 e. The lowest BCUT2D eigenvalue weighted by Crippen LogP contribution is -2.47. The van der Waals surface area contributed by atoms with Crippen molar-refractivity contribution in [2.45, 2.75) is 56.6 Å². The molecule has 0 radical (unpaired) electrons. The van der Waals surface area contributed by atoms with Gasteiger partial charge in [-0.25, -0.2) is 8.42 Å². The molecule has 0 amide bonds. The summed E-state index contributed by atoms with van der Waals surface area (Å²) in [5, 5.41) is 0. The Labute approximate surface area is 115 Å². The molecule has 1 fully saturated rings. The number of nitrogens with zero attached hydrogens (tertiary/aromatic N) is 2. The van der Waals surface area contributed by atoms with Crippen molar-refractivity contribution in [3.05, 3.63) is 18.0 Å². The van der Waals surface area contributed by atoms with Gasteiger partial charge in [-0.15, -0.1) is 0 Å². The number of nitrogens with two attached hydrogens (primary N) is 1. The van der Waals surface area contributed by atoms with E-state index in [9.17, 15) is 8.42 Å². The normalized spacial score (nSPS) is 25.7. The van der Waals surface area contributed by atoms with Crippen molar-refractivity contribution in [3.63, 3.8) is 0 Å². The average molecular weight is 285 g/mol. The van der Waals surface area contributed by atoms with Gasteiger partial charge >= 0.3 is 0 Å². The van der Waals surface area contributed by atoms with Crippen molar-refractivity contribution in [1.82, 2.24) is 8.87 Å². The molecule has 0 saturated carbocycles. The van der Waals surface area contributed by atoms with Crippen molar-refractivity contribution in [2.24, 2.45) is 12.8 Å². The first-order valence-electron chi connectivity index (χ1n) is 6.76. The van der Waals surface area contributed by atoms with Gasteiger partial charge in [-0.3, -0.25) is 0 Å². The molecule has 2 atom stereocenters. The van der Waals surface area contributed by atoms with E-state index in [2.05, 4.69) is 0 Å². The molecule has 19 heavy (non-hydrogen) atoms. The highest BCUT2D eigenvalue weighted by Gasteiger charge is 2.36. The Morgan fingerprint density at radius 1 is 1.32 bits per heavy atom. The van der Waals surface area contributed by atoms with Crippen LogP contribution in [0.4, 0.5) is 0 Å². The monoisotopic (exact) mass is 285 g/mol. The van der Waals surface area contributed by atoms with Gasteiger partial charge in [0.05, 0.1) is 0 Å². The van der Waals surface area contributed by atoms with Crippen LogP contribution in [0.2, 0.25) is 0 Å². The summed E-state index contributed by atoms with van der Waals surface area (Å²) in [6.45, 7) is 4.32. The molecule has 2 N–H and O–H groups in total. The van der Waals surface area contributed by atoms with Gasteiger partial charge in [-0.05, 0) is 32.8 Å². The summed E-state index contributed by atoms with van der Waals surface area (Å²) >= 11 is 0. The van der Waals surface area contributed by atoms with Gasteiger partial charge in [0.2, 0.25) is 10.0 Å². The van der Waals surface area contributed by atoms with Crippen molar-refractivity contribution in [1.29, 1.82) is 0 Å². The minimum atomic E-state index is -3.42. The van der Waals surface area contributed by atoms with Gasteiger partial charge < -0.3 is 10.3 Å². The van der Waals surface area contributed by atoms with E-state index in [4.69, 9.17) is 5.73 Å². The lowest BCUT2D eigenvalue weighted by molar-refractivity contribution is 0.204. The number of rotatable bonds is 3. The SMILES string of the molecule is C[C@@H]1CCC[C@H](C)N1S(=O)(=O)c1cc(CN)n(C)c1. The largest absolute Gasteiger partial charge is 0.352 e. The average Bonchev–Trinajstić information content (AvgIpc) is 2.70. The van der Waals surface area contributed by atoms with E-state index in [0.29, 0.717) is 11.4 Å². The maximum absolute atomic E-state index is 12.8. The second-order valence-corrected chi connectivity index (χ2v) is 7.29. The third-order valence-electron chi connectivity index (χ3n) is 3.98. The van der Waals surface area contributed by atoms with Crippen LogP contribution >= 0.6 is 0 Å². The number of aryl methyl sites for hydroxylation is 1. The second kappa shape index (κ2) is 5.26. The Morgan fingerprint density at radius 2 is 1.89 bits per heavy atom. The predicted molar refractivity (Wildman–Crippen MR) is 75.1 cm³/mol. The molecule has 0 bridgehead atoms. The van der Waals surface area contributed by atoms with Crippen LogP contribution in [-0.2, 0) is 23.6 Å². The van der Waals surface area contributed by atoms with Crippen molar-refractivity contribution < 1.29 is 8.42 Å². The van der Waals surface area contributed by atoms with Gasteiger partial charge in [0, 0.05) is 37.6 Å². The maximum atomic E-state index is 12.8. The number of hydrogen-bond donors (Lipinski definition) is 1. The van der Waals surface area contributed by atoms with Crippen LogP contribution in [0.5, 0.6) is 0 Å². The standard InChI is InChI=1S/C13H23N3O2S/c1-10-5-4-6-11(2)16(10)19(17,18)13-7-12(8-14)15(3)9-13/h7,9-11H,4-6,8,14H2,1-3H3/t10-,11+. The van der Waals surface area contributed by atoms with E-state index in [1.54, 1.807) is 21.1 Å². The van der Waals surface area contributed by atoms with E-state index in [1.807, 2.05) is 20.9 Å². The van der Waals surface area contributed by atoms with Gasteiger partial charge in [0.1, 0.15) is 4.90 Å². The van der Waals surface area contributed by atoms with Crippen molar-refractivity contribution >= 4 is 10.0 Å². The number of aromatic nitrogens is 1. The summed E-state index contributed by atoms with van der Waals surface area (Å²) < 4.78 is 29.0. The van der Waals surface area contributed by atoms with Crippen molar-refractivity contribution in [2.75, 3.05) is 0 Å². The fourth-order valence-electron chi connectivity index (χ4n) is 2.91. The molecule has 1 aliphatic rings. The lowest BCUT2D eigenvalue weighted by atomic mass is 10.0. The van der Waals surface area contributed by atoms with Gasteiger partial charge in [-0.1, -0.05) is 6.42 Å². The molecule has 0 unspecified atom stereocenters. The Kier molecular flexibility index (Phi) is 4.03. The van der Waals surface area contributed by atoms with Crippen LogP contribution in [0.25, 0.3) is 0 Å². The van der Waals surface area contributed by atoms with E-state index in [-0.39, 0.29) is 12.1 Å². The molecular formula is C13H23N3O2S. The summed E-state index contributed by atoms with van der Waals surface area (Å²) in [5.74, 6) is 0. The summed E-state index contributed by atoms with van der Waals surface area (Å²) in [6.07, 6.45) is 4.61. The quantitative estimate of drug-likeness (QED) is 0.913. The molecule has 1 aliphatic heterocycles. The molecule has 1 saturated heterocycles. The molecule has 5 nitrogen and oxygen atoms in total. The first-order valence-corrected chi connectivity index (χ1v) is 8.20. The molecule has 0 aromatic carbocycles. The first-order chi connectivity index (χ1) is 8.87.